The van der Waals surface area contributed by atoms with E-state index in [1.807, 2.05) is 24.3 Å². The van der Waals surface area contributed by atoms with Crippen molar-refractivity contribution in [3.63, 3.8) is 0 Å². The highest BCUT2D eigenvalue weighted by molar-refractivity contribution is 5.98. The van der Waals surface area contributed by atoms with Crippen LogP contribution in [0.4, 0.5) is 0 Å². The minimum absolute atomic E-state index is 0.00722. The number of guanidine groups is 1. The normalized spacial score (nSPS) is 22.3. The molecule has 1 aliphatic heterocycles. The lowest BCUT2D eigenvalue weighted by Crippen LogP contribution is -2.60. The Morgan fingerprint density at radius 3 is 2.00 bits per heavy atom. The molecule has 0 radical (unpaired) electrons. The van der Waals surface area contributed by atoms with Crippen LogP contribution < -0.4 is 71.6 Å². The van der Waals surface area contributed by atoms with E-state index in [0.717, 1.165) is 10.9 Å². The number of primary amides is 1. The van der Waals surface area contributed by atoms with Gasteiger partial charge in [-0.3, -0.25) is 43.3 Å². The van der Waals surface area contributed by atoms with E-state index in [1.165, 1.54) is 0 Å². The van der Waals surface area contributed by atoms with E-state index in [1.54, 1.807) is 36.5 Å². The second-order valence-corrected chi connectivity index (χ2v) is 16.6. The Bertz CT molecular complexity index is 2220. The number of carbonyl (C=O) groups excluding carboxylic acids is 8. The SMILES string of the molecule is NCCC[C@H](N)C(=O)NC1CCC(=O)NCCC[C@@H](C(N)=O)NC(=O)[C@H](Cc2c[nH]c3ccccc23)NC(=O)[C@H](CCCN=C(N)N)NC(=O)[C@@H](Cc2ccccc2)NC(=O)[C@H](CCN)NC1=O. The Morgan fingerprint density at radius 1 is 0.706 bits per heavy atom. The van der Waals surface area contributed by atoms with Gasteiger partial charge in [-0.05, 0) is 81.6 Å². The molecule has 2 aromatic carbocycles. The summed E-state index contributed by atoms with van der Waals surface area (Å²) in [5.41, 5.74) is 36.5. The average Bonchev–Trinajstić information content (AvgIpc) is 3.72. The molecule has 1 saturated heterocycles. The van der Waals surface area contributed by atoms with Gasteiger partial charge in [0.1, 0.15) is 36.3 Å². The number of nitrogens with zero attached hydrogens (tertiary/aromatic N) is 1. The molecule has 8 amide bonds. The number of nitrogens with two attached hydrogens (primary N) is 6. The van der Waals surface area contributed by atoms with Crippen LogP contribution in [-0.2, 0) is 51.2 Å². The number of hydrogen-bond donors (Lipinski definition) is 14. The van der Waals surface area contributed by atoms with Crippen LogP contribution in [-0.4, -0.2) is 127 Å². The number of para-hydroxylation sites is 1. The van der Waals surface area contributed by atoms with Crippen LogP contribution in [0.3, 0.4) is 0 Å². The molecule has 0 bridgehead atoms. The summed E-state index contributed by atoms with van der Waals surface area (Å²) < 4.78 is 0. The van der Waals surface area contributed by atoms with Crippen molar-refractivity contribution in [2.45, 2.75) is 113 Å². The van der Waals surface area contributed by atoms with Crippen molar-refractivity contribution in [2.24, 2.45) is 39.4 Å². The zero-order valence-corrected chi connectivity index (χ0v) is 38.1. The molecule has 0 saturated carbocycles. The maximum Gasteiger partial charge on any atom is 0.243 e. The van der Waals surface area contributed by atoms with Crippen LogP contribution in [0.1, 0.15) is 68.9 Å². The molecule has 0 aliphatic carbocycles. The highest BCUT2D eigenvalue weighted by atomic mass is 16.2. The van der Waals surface area contributed by atoms with Crippen LogP contribution in [0.2, 0.25) is 0 Å². The number of nitrogens with one attached hydrogen (secondary N) is 8. The maximum atomic E-state index is 14.5. The zero-order chi connectivity index (χ0) is 49.6. The van der Waals surface area contributed by atoms with Crippen LogP contribution in [0.25, 0.3) is 10.9 Å². The van der Waals surface area contributed by atoms with Crippen molar-refractivity contribution in [3.05, 3.63) is 71.9 Å². The molecule has 23 heteroatoms. The van der Waals surface area contributed by atoms with Gasteiger partial charge >= 0.3 is 0 Å². The van der Waals surface area contributed by atoms with Gasteiger partial charge in [0.15, 0.2) is 5.96 Å². The molecular weight excluding hydrogens is 879 g/mol. The summed E-state index contributed by atoms with van der Waals surface area (Å²) in [7, 11) is 0. The van der Waals surface area contributed by atoms with E-state index in [0.29, 0.717) is 17.5 Å². The first kappa shape index (κ1) is 53.5. The smallest absolute Gasteiger partial charge is 0.243 e. The van der Waals surface area contributed by atoms with E-state index in [9.17, 15) is 38.4 Å². The third kappa shape index (κ3) is 17.3. The Morgan fingerprint density at radius 2 is 1.32 bits per heavy atom. The molecule has 0 spiro atoms. The van der Waals surface area contributed by atoms with Gasteiger partial charge in [-0.2, -0.15) is 0 Å². The van der Waals surface area contributed by atoms with E-state index >= 15 is 0 Å². The van der Waals surface area contributed by atoms with Gasteiger partial charge in [-0.15, -0.1) is 0 Å². The summed E-state index contributed by atoms with van der Waals surface area (Å²) >= 11 is 0. The molecule has 1 fully saturated rings. The predicted octanol–water partition coefficient (Wildman–Crippen LogP) is -3.49. The fraction of sp³-hybridized carbons (Fsp3) is 0.489. The van der Waals surface area contributed by atoms with E-state index in [4.69, 9.17) is 34.4 Å². The van der Waals surface area contributed by atoms with Crippen LogP contribution >= 0.6 is 0 Å². The van der Waals surface area contributed by atoms with Crippen LogP contribution in [0.15, 0.2) is 65.8 Å². The van der Waals surface area contributed by atoms with Crippen molar-refractivity contribution in [2.75, 3.05) is 26.2 Å². The molecular formula is C45H67N15O8. The maximum absolute atomic E-state index is 14.5. The second-order valence-electron chi connectivity index (χ2n) is 16.6. The molecule has 370 valence electrons. The first-order chi connectivity index (χ1) is 32.6. The number of aliphatic imine (C=N–C) groups is 1. The van der Waals surface area contributed by atoms with E-state index in [-0.39, 0.29) is 96.3 Å². The van der Waals surface area contributed by atoms with Crippen molar-refractivity contribution >= 4 is 64.1 Å². The monoisotopic (exact) mass is 946 g/mol. The number of aromatic amines is 1. The third-order valence-corrected chi connectivity index (χ3v) is 11.3. The quantitative estimate of drug-likeness (QED) is 0.0377. The molecule has 2 heterocycles. The lowest BCUT2D eigenvalue weighted by molar-refractivity contribution is -0.135. The minimum atomic E-state index is -1.35. The molecule has 68 heavy (non-hydrogen) atoms. The summed E-state index contributed by atoms with van der Waals surface area (Å²) in [6.45, 7) is 0.300. The summed E-state index contributed by atoms with van der Waals surface area (Å²) in [5, 5.41) is 19.6. The van der Waals surface area contributed by atoms with Crippen molar-refractivity contribution < 1.29 is 38.4 Å². The molecule has 4 rings (SSSR count). The largest absolute Gasteiger partial charge is 0.370 e. The zero-order valence-electron chi connectivity index (χ0n) is 38.1. The lowest BCUT2D eigenvalue weighted by atomic mass is 10.0. The van der Waals surface area contributed by atoms with E-state index < -0.39 is 89.6 Å². The van der Waals surface area contributed by atoms with Crippen molar-refractivity contribution in [3.8, 4) is 0 Å². The second kappa shape index (κ2) is 27.5. The molecule has 23 nitrogen and oxygen atoms in total. The topological polar surface area (TPSA) is 405 Å². The first-order valence-corrected chi connectivity index (χ1v) is 22.8. The van der Waals surface area contributed by atoms with Crippen LogP contribution in [0.5, 0.6) is 0 Å². The highest BCUT2D eigenvalue weighted by Crippen LogP contribution is 2.20. The molecule has 1 unspecified atom stereocenters. The fourth-order valence-corrected chi connectivity index (χ4v) is 7.56. The number of rotatable bonds is 16. The summed E-state index contributed by atoms with van der Waals surface area (Å²) in [4.78, 5) is 117. The third-order valence-electron chi connectivity index (χ3n) is 11.3. The van der Waals surface area contributed by atoms with Gasteiger partial charge in [0.2, 0.25) is 47.3 Å². The number of hydrogen-bond acceptors (Lipinski definition) is 12. The number of benzene rings is 2. The minimum Gasteiger partial charge on any atom is -0.370 e. The lowest BCUT2D eigenvalue weighted by Gasteiger charge is -2.28. The number of H-pyrrole nitrogens is 1. The van der Waals surface area contributed by atoms with Gasteiger partial charge in [0, 0.05) is 49.5 Å². The molecule has 20 N–H and O–H groups in total. The molecule has 3 aromatic rings. The van der Waals surface area contributed by atoms with Crippen LogP contribution in [0, 0.1) is 0 Å². The Labute approximate surface area is 394 Å². The van der Waals surface area contributed by atoms with E-state index in [2.05, 4.69) is 47.2 Å². The first-order valence-electron chi connectivity index (χ1n) is 22.8. The standard InChI is InChI=1S/C45H67N15O8/c46-19-6-12-29(48)39(63)56-33-16-17-37(61)52-21-7-14-31(38(49)62)55-44(68)36(24-27-25-54-30-13-5-4-11-28(27)30)60-40(64)32(15-8-22-53-45(50)51)57-43(67)35(23-26-9-2-1-3-10-26)59-42(66)34(18-20-47)58-41(33)65/h1-5,9-11,13,25,29,31-36,54H,6-8,12,14-24,46-48H2,(H2,49,62)(H,52,61)(H,55,68)(H,56,63)(H,57,67)(H,58,65)(H,59,66)(H,60,64)(H4,50,51,53)/t29-,31-,32-,33?,34-,35+,36-/m0/s1. The van der Waals surface area contributed by atoms with Gasteiger partial charge < -0.3 is 76.6 Å². The Hall–Kier alpha value is -7.11. The Kier molecular flexibility index (Phi) is 21.6. The number of carbonyl (C=O) groups is 8. The number of aromatic nitrogens is 1. The van der Waals surface area contributed by atoms with Gasteiger partial charge in [0.05, 0.1) is 6.04 Å². The molecule has 1 aliphatic rings. The molecule has 7 atom stereocenters. The fourth-order valence-electron chi connectivity index (χ4n) is 7.56. The summed E-state index contributed by atoms with van der Waals surface area (Å²) in [6, 6.07) is 7.11. The van der Waals surface area contributed by atoms with Crippen molar-refractivity contribution in [1.82, 2.24) is 42.2 Å². The number of fused-ring (bicyclic) bond motifs is 1. The average molecular weight is 946 g/mol. The van der Waals surface area contributed by atoms with Gasteiger partial charge in [0.25, 0.3) is 0 Å². The van der Waals surface area contributed by atoms with Gasteiger partial charge in [-0.25, -0.2) is 0 Å². The summed E-state index contributed by atoms with van der Waals surface area (Å²) in [5.74, 6) is -6.23. The van der Waals surface area contributed by atoms with Gasteiger partial charge in [-0.1, -0.05) is 48.5 Å². The Balaban J connectivity index is 1.75. The predicted molar refractivity (Wildman–Crippen MR) is 254 cm³/mol. The summed E-state index contributed by atoms with van der Waals surface area (Å²) in [6.07, 6.45) is 1.95. The highest BCUT2D eigenvalue weighted by Gasteiger charge is 2.34. The van der Waals surface area contributed by atoms with Crippen molar-refractivity contribution in [1.29, 1.82) is 0 Å². The molecule has 1 aromatic heterocycles. The number of amides is 8.